The Kier molecular flexibility index (Phi) is 9.38. The third-order valence-corrected chi connectivity index (χ3v) is 9.08. The topological polar surface area (TPSA) is 73.9 Å². The predicted octanol–water partition coefficient (Wildman–Crippen LogP) is 9.39. The van der Waals surface area contributed by atoms with E-state index in [9.17, 15) is 9.36 Å². The zero-order chi connectivity index (χ0) is 27.4. The zero-order valence-electron chi connectivity index (χ0n) is 19.6. The van der Waals surface area contributed by atoms with Crippen molar-refractivity contribution >= 4 is 82.5 Å². The maximum atomic E-state index is 14.2. The van der Waals surface area contributed by atoms with Crippen molar-refractivity contribution < 1.29 is 23.1 Å². The van der Waals surface area contributed by atoms with Gasteiger partial charge in [0.15, 0.2) is 5.75 Å². The Morgan fingerprint density at radius 1 is 0.789 bits per heavy atom. The van der Waals surface area contributed by atoms with Gasteiger partial charge in [-0.15, -0.1) is 0 Å². The van der Waals surface area contributed by atoms with Gasteiger partial charge in [-0.05, 0) is 23.9 Å². The van der Waals surface area contributed by atoms with Gasteiger partial charge in [0.25, 0.3) is 0 Å². The Hall–Kier alpha value is -2.15. The van der Waals surface area contributed by atoms with Crippen molar-refractivity contribution in [1.29, 1.82) is 0 Å². The molecule has 0 spiro atoms. The van der Waals surface area contributed by atoms with Gasteiger partial charge < -0.3 is 13.8 Å². The molecule has 0 aromatic heterocycles. The summed E-state index contributed by atoms with van der Waals surface area (Å²) in [6.07, 6.45) is 0. The third kappa shape index (κ3) is 6.52. The van der Waals surface area contributed by atoms with Crippen LogP contribution in [0.4, 0.5) is 0 Å². The van der Waals surface area contributed by atoms with Gasteiger partial charge in [0.05, 0.1) is 15.1 Å². The van der Waals surface area contributed by atoms with E-state index in [2.05, 4.69) is 5.09 Å². The van der Waals surface area contributed by atoms with Gasteiger partial charge in [-0.2, -0.15) is 5.09 Å². The summed E-state index contributed by atoms with van der Waals surface area (Å²) < 4.78 is 31.2. The van der Waals surface area contributed by atoms with E-state index in [0.717, 1.165) is 10.9 Å². The van der Waals surface area contributed by atoms with Gasteiger partial charge in [-0.3, -0.25) is 4.79 Å². The average Bonchev–Trinajstić information content (AvgIpc) is 2.92. The van der Waals surface area contributed by atoms with E-state index < -0.39 is 19.8 Å². The standard InChI is InChI=1S/C26H19Cl5NO5P/c1-15(26(33)35-14-16-8-3-2-4-9-16)32-38(34,36-19-13-7-11-17-10-5-6-12-18(17)19)37-25-23(30)21(28)20(27)22(29)24(25)31/h2-13,15H,14H2,1H3,(H,32,34)/t15-,38?/m0/s1. The number of carbonyl (C=O) groups excluding carboxylic acids is 1. The number of halogens is 5. The molecular weight excluding hydrogens is 615 g/mol. The van der Waals surface area contributed by atoms with Crippen LogP contribution in [-0.2, 0) is 20.7 Å². The molecule has 1 N–H and O–H groups in total. The number of nitrogens with one attached hydrogen (secondary N) is 1. The maximum absolute atomic E-state index is 14.2. The molecule has 0 amide bonds. The molecule has 0 fully saturated rings. The summed E-state index contributed by atoms with van der Waals surface area (Å²) in [5.74, 6) is -0.834. The number of fused-ring (bicyclic) bond motifs is 1. The van der Waals surface area contributed by atoms with E-state index in [1.54, 1.807) is 36.4 Å². The molecule has 38 heavy (non-hydrogen) atoms. The molecule has 6 nitrogen and oxygen atoms in total. The molecule has 0 aliphatic heterocycles. The number of hydrogen-bond donors (Lipinski definition) is 1. The second-order valence-electron chi connectivity index (χ2n) is 8.00. The molecule has 0 saturated carbocycles. The molecule has 198 valence electrons. The summed E-state index contributed by atoms with van der Waals surface area (Å²) in [5.41, 5.74) is 0.781. The monoisotopic (exact) mass is 631 g/mol. The van der Waals surface area contributed by atoms with E-state index >= 15 is 0 Å². The quantitative estimate of drug-likeness (QED) is 0.0857. The fraction of sp³-hybridized carbons (Fsp3) is 0.115. The molecule has 0 bridgehead atoms. The minimum atomic E-state index is -4.46. The Bertz CT molecular complexity index is 1500. The van der Waals surface area contributed by atoms with Gasteiger partial charge in [-0.1, -0.05) is 125 Å². The number of esters is 1. The highest BCUT2D eigenvalue weighted by Gasteiger charge is 2.37. The second-order valence-corrected chi connectivity index (χ2v) is 11.5. The number of rotatable bonds is 9. The largest absolute Gasteiger partial charge is 0.513 e. The van der Waals surface area contributed by atoms with Gasteiger partial charge in [-0.25, -0.2) is 4.57 Å². The second kappa shape index (κ2) is 12.4. The first-order valence-corrected chi connectivity index (χ1v) is 14.5. The summed E-state index contributed by atoms with van der Waals surface area (Å²) in [4.78, 5) is 12.8. The first-order chi connectivity index (χ1) is 18.1. The molecule has 0 heterocycles. The van der Waals surface area contributed by atoms with Crippen LogP contribution in [0.2, 0.25) is 25.1 Å². The fourth-order valence-corrected chi connectivity index (χ4v) is 6.27. The van der Waals surface area contributed by atoms with Gasteiger partial charge >= 0.3 is 13.7 Å². The Morgan fingerprint density at radius 3 is 2.05 bits per heavy atom. The van der Waals surface area contributed by atoms with Crippen molar-refractivity contribution in [3.63, 3.8) is 0 Å². The molecule has 1 unspecified atom stereocenters. The van der Waals surface area contributed by atoms with Crippen LogP contribution in [-0.4, -0.2) is 12.0 Å². The molecule has 4 aromatic rings. The minimum absolute atomic E-state index is 0.0150. The number of ether oxygens (including phenoxy) is 1. The lowest BCUT2D eigenvalue weighted by Crippen LogP contribution is -2.35. The number of benzene rings is 4. The Balaban J connectivity index is 1.67. The zero-order valence-corrected chi connectivity index (χ0v) is 24.3. The molecule has 0 saturated heterocycles. The molecule has 12 heteroatoms. The van der Waals surface area contributed by atoms with E-state index in [-0.39, 0.29) is 43.2 Å². The highest BCUT2D eigenvalue weighted by Crippen LogP contribution is 2.55. The maximum Gasteiger partial charge on any atom is 0.513 e. The van der Waals surface area contributed by atoms with E-state index in [0.29, 0.717) is 5.39 Å². The third-order valence-electron chi connectivity index (χ3n) is 5.28. The van der Waals surface area contributed by atoms with E-state index in [1.807, 2.05) is 36.4 Å². The lowest BCUT2D eigenvalue weighted by Gasteiger charge is -2.25. The smallest absolute Gasteiger partial charge is 0.460 e. The van der Waals surface area contributed by atoms with Crippen molar-refractivity contribution in [1.82, 2.24) is 5.09 Å². The first-order valence-electron chi connectivity index (χ1n) is 11.1. The highest BCUT2D eigenvalue weighted by molar-refractivity contribution is 7.52. The van der Waals surface area contributed by atoms with Crippen LogP contribution in [0.1, 0.15) is 12.5 Å². The van der Waals surface area contributed by atoms with Crippen LogP contribution in [0.15, 0.2) is 72.8 Å². The highest BCUT2D eigenvalue weighted by atomic mass is 35.5. The van der Waals surface area contributed by atoms with Crippen molar-refractivity contribution in [3.8, 4) is 11.5 Å². The summed E-state index contributed by atoms with van der Waals surface area (Å²) in [7, 11) is -4.46. The van der Waals surface area contributed by atoms with Gasteiger partial charge in [0.2, 0.25) is 0 Å². The average molecular weight is 634 g/mol. The molecule has 0 aliphatic carbocycles. The summed E-state index contributed by atoms with van der Waals surface area (Å²) in [5, 5.41) is 3.15. The summed E-state index contributed by atoms with van der Waals surface area (Å²) in [6, 6.07) is 20.4. The van der Waals surface area contributed by atoms with Crippen LogP contribution >= 0.6 is 65.8 Å². The van der Waals surface area contributed by atoms with Crippen molar-refractivity contribution in [2.45, 2.75) is 19.6 Å². The number of hydrogen-bond acceptors (Lipinski definition) is 5. The molecule has 0 aliphatic rings. The van der Waals surface area contributed by atoms with Crippen LogP contribution < -0.4 is 14.1 Å². The lowest BCUT2D eigenvalue weighted by molar-refractivity contribution is -0.146. The van der Waals surface area contributed by atoms with Crippen molar-refractivity contribution in [3.05, 3.63) is 103 Å². The van der Waals surface area contributed by atoms with Crippen LogP contribution in [0, 0.1) is 0 Å². The SMILES string of the molecule is C[C@H](NP(=O)(Oc1c(Cl)c(Cl)c(Cl)c(Cl)c1Cl)Oc1cccc2ccccc12)C(=O)OCc1ccccc1. The van der Waals surface area contributed by atoms with Crippen LogP contribution in [0.3, 0.4) is 0 Å². The molecule has 0 radical (unpaired) electrons. The van der Waals surface area contributed by atoms with Gasteiger partial charge in [0.1, 0.15) is 28.4 Å². The lowest BCUT2D eigenvalue weighted by atomic mass is 10.1. The number of carbonyl (C=O) groups is 1. The first kappa shape index (κ1) is 28.8. The van der Waals surface area contributed by atoms with Crippen LogP contribution in [0.5, 0.6) is 11.5 Å². The van der Waals surface area contributed by atoms with Crippen molar-refractivity contribution in [2.24, 2.45) is 0 Å². The normalized spacial score (nSPS) is 13.5. The molecule has 4 aromatic carbocycles. The van der Waals surface area contributed by atoms with E-state index in [4.69, 9.17) is 71.8 Å². The van der Waals surface area contributed by atoms with Crippen molar-refractivity contribution in [2.75, 3.05) is 0 Å². The van der Waals surface area contributed by atoms with Gasteiger partial charge in [0, 0.05) is 5.39 Å². The van der Waals surface area contributed by atoms with Crippen LogP contribution in [0.25, 0.3) is 10.8 Å². The summed E-state index contributed by atoms with van der Waals surface area (Å²) in [6.45, 7) is 1.46. The Morgan fingerprint density at radius 2 is 1.37 bits per heavy atom. The fourth-order valence-electron chi connectivity index (χ4n) is 3.40. The van der Waals surface area contributed by atoms with E-state index in [1.165, 1.54) is 6.92 Å². The molecule has 4 rings (SSSR count). The minimum Gasteiger partial charge on any atom is -0.460 e. The molecular formula is C26H19Cl5NO5P. The Labute approximate surface area is 244 Å². The molecule has 2 atom stereocenters. The summed E-state index contributed by atoms with van der Waals surface area (Å²) >= 11 is 31.0. The predicted molar refractivity (Wildman–Crippen MR) is 153 cm³/mol.